The summed E-state index contributed by atoms with van der Waals surface area (Å²) < 4.78 is 6.24. The fourth-order valence-corrected chi connectivity index (χ4v) is 2.87. The first-order valence-corrected chi connectivity index (χ1v) is 7.71. The molecule has 0 saturated heterocycles. The number of rotatable bonds is 5. The zero-order chi connectivity index (χ0) is 15.4. The predicted octanol–water partition coefficient (Wildman–Crippen LogP) is 3.89. The Morgan fingerprint density at radius 3 is 2.67 bits per heavy atom. The van der Waals surface area contributed by atoms with Crippen molar-refractivity contribution in [2.45, 2.75) is 12.0 Å². The minimum Gasteiger partial charge on any atom is -0.496 e. The summed E-state index contributed by atoms with van der Waals surface area (Å²) in [7, 11) is 1.58. The van der Waals surface area contributed by atoms with E-state index in [1.165, 1.54) is 0 Å². The molecule has 112 valence electrons. The molecule has 2 atom stereocenters. The van der Waals surface area contributed by atoms with E-state index in [1.54, 1.807) is 13.2 Å². The van der Waals surface area contributed by atoms with Gasteiger partial charge in [0, 0.05) is 27.5 Å². The SMILES string of the molecule is COc1cc(Br)ccc1C(O)C(CN)c1cccc(Cl)c1. The average Bonchev–Trinajstić information content (AvgIpc) is 2.47. The van der Waals surface area contributed by atoms with Gasteiger partial charge in [-0.3, -0.25) is 0 Å². The Balaban J connectivity index is 2.38. The Bertz CT molecular complexity index is 621. The third-order valence-electron chi connectivity index (χ3n) is 3.43. The summed E-state index contributed by atoms with van der Waals surface area (Å²) in [4.78, 5) is 0. The van der Waals surface area contributed by atoms with Crippen LogP contribution in [0.2, 0.25) is 5.02 Å². The Hall–Kier alpha value is -1.07. The van der Waals surface area contributed by atoms with E-state index in [0.717, 1.165) is 10.0 Å². The van der Waals surface area contributed by atoms with E-state index in [9.17, 15) is 5.11 Å². The Kier molecular flexibility index (Phi) is 5.65. The smallest absolute Gasteiger partial charge is 0.125 e. The molecule has 0 bridgehead atoms. The summed E-state index contributed by atoms with van der Waals surface area (Å²) in [5.74, 6) is 0.371. The molecule has 3 N–H and O–H groups in total. The topological polar surface area (TPSA) is 55.5 Å². The highest BCUT2D eigenvalue weighted by Crippen LogP contribution is 2.37. The van der Waals surface area contributed by atoms with Gasteiger partial charge in [-0.2, -0.15) is 0 Å². The van der Waals surface area contributed by atoms with E-state index in [1.807, 2.05) is 36.4 Å². The Morgan fingerprint density at radius 1 is 1.29 bits per heavy atom. The predicted molar refractivity (Wildman–Crippen MR) is 88.9 cm³/mol. The van der Waals surface area contributed by atoms with Crippen LogP contribution in [0.1, 0.15) is 23.1 Å². The number of methoxy groups -OCH3 is 1. The van der Waals surface area contributed by atoms with Gasteiger partial charge in [0.05, 0.1) is 13.2 Å². The number of aliphatic hydroxyl groups is 1. The van der Waals surface area contributed by atoms with Gasteiger partial charge in [-0.15, -0.1) is 0 Å². The third kappa shape index (κ3) is 3.77. The van der Waals surface area contributed by atoms with Crippen LogP contribution in [0.4, 0.5) is 0 Å². The zero-order valence-corrected chi connectivity index (χ0v) is 13.9. The van der Waals surface area contributed by atoms with Crippen molar-refractivity contribution < 1.29 is 9.84 Å². The minimum absolute atomic E-state index is 0.251. The number of ether oxygens (including phenoxy) is 1. The number of nitrogens with two attached hydrogens (primary N) is 1. The first kappa shape index (κ1) is 16.3. The van der Waals surface area contributed by atoms with Crippen LogP contribution in [-0.2, 0) is 0 Å². The molecule has 0 aliphatic carbocycles. The van der Waals surface area contributed by atoms with Gasteiger partial charge in [0.25, 0.3) is 0 Å². The van der Waals surface area contributed by atoms with E-state index in [-0.39, 0.29) is 5.92 Å². The molecule has 0 saturated carbocycles. The molecule has 21 heavy (non-hydrogen) atoms. The van der Waals surface area contributed by atoms with Crippen molar-refractivity contribution in [3.63, 3.8) is 0 Å². The standard InChI is InChI=1S/C16H17BrClNO2/c1-21-15-8-11(17)5-6-13(15)16(20)14(9-19)10-3-2-4-12(18)7-10/h2-8,14,16,20H,9,19H2,1H3. The Labute approximate surface area is 137 Å². The second-order valence-corrected chi connectivity index (χ2v) is 6.08. The molecule has 2 rings (SSSR count). The third-order valence-corrected chi connectivity index (χ3v) is 4.15. The summed E-state index contributed by atoms with van der Waals surface area (Å²) in [6.07, 6.45) is -0.767. The summed E-state index contributed by atoms with van der Waals surface area (Å²) in [5, 5.41) is 11.3. The summed E-state index contributed by atoms with van der Waals surface area (Å²) in [6.45, 7) is 0.306. The van der Waals surface area contributed by atoms with E-state index in [2.05, 4.69) is 15.9 Å². The molecular weight excluding hydrogens is 354 g/mol. The lowest BCUT2D eigenvalue weighted by Gasteiger charge is -2.24. The molecule has 0 fully saturated rings. The molecule has 3 nitrogen and oxygen atoms in total. The molecule has 0 aliphatic rings. The molecule has 2 unspecified atom stereocenters. The van der Waals surface area contributed by atoms with E-state index >= 15 is 0 Å². The average molecular weight is 371 g/mol. The summed E-state index contributed by atoms with van der Waals surface area (Å²) >= 11 is 9.41. The lowest BCUT2D eigenvalue weighted by Crippen LogP contribution is -2.20. The van der Waals surface area contributed by atoms with Crippen molar-refractivity contribution in [2.24, 2.45) is 5.73 Å². The quantitative estimate of drug-likeness (QED) is 0.839. The van der Waals surface area contributed by atoms with Crippen LogP contribution in [0.3, 0.4) is 0 Å². The van der Waals surface area contributed by atoms with Crippen LogP contribution in [0.25, 0.3) is 0 Å². The second kappa shape index (κ2) is 7.27. The molecule has 0 radical (unpaired) electrons. The number of benzene rings is 2. The van der Waals surface area contributed by atoms with Gasteiger partial charge in [0.1, 0.15) is 5.75 Å². The summed E-state index contributed by atoms with van der Waals surface area (Å²) in [5.41, 5.74) is 7.47. The molecule has 0 aliphatic heterocycles. The second-order valence-electron chi connectivity index (χ2n) is 4.73. The van der Waals surface area contributed by atoms with Gasteiger partial charge in [-0.05, 0) is 29.8 Å². The number of hydrogen-bond acceptors (Lipinski definition) is 3. The number of hydrogen-bond donors (Lipinski definition) is 2. The lowest BCUT2D eigenvalue weighted by atomic mass is 9.89. The van der Waals surface area contributed by atoms with Gasteiger partial charge in [0.15, 0.2) is 0 Å². The molecule has 0 aromatic heterocycles. The lowest BCUT2D eigenvalue weighted by molar-refractivity contribution is 0.144. The first-order chi connectivity index (χ1) is 10.1. The van der Waals surface area contributed by atoms with E-state index in [0.29, 0.717) is 22.9 Å². The van der Waals surface area contributed by atoms with E-state index < -0.39 is 6.10 Å². The van der Waals surface area contributed by atoms with Crippen molar-refractivity contribution in [2.75, 3.05) is 13.7 Å². The Morgan fingerprint density at radius 2 is 2.05 bits per heavy atom. The highest BCUT2D eigenvalue weighted by Gasteiger charge is 2.24. The van der Waals surface area contributed by atoms with Gasteiger partial charge in [0.2, 0.25) is 0 Å². The maximum Gasteiger partial charge on any atom is 0.125 e. The molecule has 0 heterocycles. The zero-order valence-electron chi connectivity index (χ0n) is 11.6. The van der Waals surface area contributed by atoms with Crippen molar-refractivity contribution in [3.8, 4) is 5.75 Å². The highest BCUT2D eigenvalue weighted by molar-refractivity contribution is 9.10. The first-order valence-electron chi connectivity index (χ1n) is 6.54. The molecule has 2 aromatic rings. The van der Waals surface area contributed by atoms with Crippen LogP contribution in [0.5, 0.6) is 5.75 Å². The molecular formula is C16H17BrClNO2. The van der Waals surface area contributed by atoms with Crippen molar-refractivity contribution >= 4 is 27.5 Å². The van der Waals surface area contributed by atoms with Crippen LogP contribution in [0.15, 0.2) is 46.9 Å². The molecule has 5 heteroatoms. The van der Waals surface area contributed by atoms with Crippen molar-refractivity contribution in [1.29, 1.82) is 0 Å². The van der Waals surface area contributed by atoms with E-state index in [4.69, 9.17) is 22.1 Å². The number of aliphatic hydroxyl groups excluding tert-OH is 1. The van der Waals surface area contributed by atoms with Crippen LogP contribution in [0, 0.1) is 0 Å². The monoisotopic (exact) mass is 369 g/mol. The van der Waals surface area contributed by atoms with Gasteiger partial charge in [-0.25, -0.2) is 0 Å². The van der Waals surface area contributed by atoms with Gasteiger partial charge >= 0.3 is 0 Å². The van der Waals surface area contributed by atoms with Crippen molar-refractivity contribution in [3.05, 3.63) is 63.1 Å². The van der Waals surface area contributed by atoms with Crippen LogP contribution in [-0.4, -0.2) is 18.8 Å². The minimum atomic E-state index is -0.767. The fourth-order valence-electron chi connectivity index (χ4n) is 2.33. The molecule has 0 spiro atoms. The highest BCUT2D eigenvalue weighted by atomic mass is 79.9. The molecule has 0 amide bonds. The normalized spacial score (nSPS) is 13.8. The van der Waals surface area contributed by atoms with Crippen LogP contribution >= 0.6 is 27.5 Å². The maximum absolute atomic E-state index is 10.7. The van der Waals surface area contributed by atoms with Gasteiger partial charge in [-0.1, -0.05) is 45.7 Å². The van der Waals surface area contributed by atoms with Crippen molar-refractivity contribution in [1.82, 2.24) is 0 Å². The molecule has 2 aromatic carbocycles. The number of halogens is 2. The van der Waals surface area contributed by atoms with Crippen LogP contribution < -0.4 is 10.5 Å². The summed E-state index contributed by atoms with van der Waals surface area (Å²) in [6, 6.07) is 12.9. The largest absolute Gasteiger partial charge is 0.496 e. The van der Waals surface area contributed by atoms with Gasteiger partial charge < -0.3 is 15.6 Å². The maximum atomic E-state index is 10.7. The fraction of sp³-hybridized carbons (Fsp3) is 0.250.